The van der Waals surface area contributed by atoms with E-state index in [-0.39, 0.29) is 12.5 Å². The molecule has 26 heavy (non-hydrogen) atoms. The van der Waals surface area contributed by atoms with E-state index in [1.807, 2.05) is 30.5 Å². The summed E-state index contributed by atoms with van der Waals surface area (Å²) in [5.41, 5.74) is 0.857. The van der Waals surface area contributed by atoms with Crippen molar-refractivity contribution in [3.63, 3.8) is 0 Å². The van der Waals surface area contributed by atoms with E-state index < -0.39 is 15.6 Å². The van der Waals surface area contributed by atoms with Crippen LogP contribution >= 0.6 is 0 Å². The van der Waals surface area contributed by atoms with E-state index in [4.69, 9.17) is 0 Å². The van der Waals surface area contributed by atoms with E-state index in [1.165, 1.54) is 0 Å². The lowest BCUT2D eigenvalue weighted by Crippen LogP contribution is -2.43. The number of rotatable bonds is 5. The normalized spacial score (nSPS) is 21.7. The molecule has 0 radical (unpaired) electrons. The Bertz CT molecular complexity index is 893. The lowest BCUT2D eigenvalue weighted by atomic mass is 9.95. The number of hydrogen-bond acceptors (Lipinski definition) is 4. The van der Waals surface area contributed by atoms with Gasteiger partial charge < -0.3 is 15.0 Å². The Morgan fingerprint density at radius 2 is 2.08 bits per heavy atom. The predicted molar refractivity (Wildman–Crippen MR) is 100 cm³/mol. The number of benzene rings is 1. The number of H-pyrrole nitrogens is 1. The summed E-state index contributed by atoms with van der Waals surface area (Å²) in [4.78, 5) is 17.6. The SMILES string of the molecule is CS(=O)(=O)NC[C@]1(O)CCCN(C(=O)Cc2c[nH]c3ccccc23)CC1. The number of aromatic amines is 1. The minimum atomic E-state index is -3.35. The van der Waals surface area contributed by atoms with Gasteiger partial charge in [-0.15, -0.1) is 0 Å². The number of nitrogens with zero attached hydrogens (tertiary/aromatic N) is 1. The second-order valence-electron chi connectivity index (χ2n) is 7.09. The van der Waals surface area contributed by atoms with Gasteiger partial charge in [0.25, 0.3) is 0 Å². The third-order valence-electron chi connectivity index (χ3n) is 4.95. The van der Waals surface area contributed by atoms with Crippen LogP contribution < -0.4 is 4.72 Å². The lowest BCUT2D eigenvalue weighted by molar-refractivity contribution is -0.130. The maximum Gasteiger partial charge on any atom is 0.227 e. The Balaban J connectivity index is 1.62. The highest BCUT2D eigenvalue weighted by molar-refractivity contribution is 7.88. The van der Waals surface area contributed by atoms with Gasteiger partial charge in [0.2, 0.25) is 15.9 Å². The predicted octanol–water partition coefficient (Wildman–Crippen LogP) is 1.00. The molecule has 1 atom stereocenters. The van der Waals surface area contributed by atoms with Crippen LogP contribution in [0.1, 0.15) is 24.8 Å². The zero-order chi connectivity index (χ0) is 18.8. The van der Waals surface area contributed by atoms with Crippen LogP contribution in [0.15, 0.2) is 30.5 Å². The molecule has 2 heterocycles. The van der Waals surface area contributed by atoms with Crippen molar-refractivity contribution in [3.05, 3.63) is 36.0 Å². The second kappa shape index (κ2) is 7.38. The third-order valence-corrected chi connectivity index (χ3v) is 5.62. The smallest absolute Gasteiger partial charge is 0.227 e. The summed E-state index contributed by atoms with van der Waals surface area (Å²) < 4.78 is 24.9. The van der Waals surface area contributed by atoms with E-state index >= 15 is 0 Å². The Kier molecular flexibility index (Phi) is 5.36. The van der Waals surface area contributed by atoms with Crippen LogP contribution in [0.4, 0.5) is 0 Å². The van der Waals surface area contributed by atoms with Gasteiger partial charge in [-0.2, -0.15) is 0 Å². The molecule has 1 amide bonds. The molecule has 0 spiro atoms. The molecule has 0 unspecified atom stereocenters. The topological polar surface area (TPSA) is 102 Å². The summed E-state index contributed by atoms with van der Waals surface area (Å²) in [5, 5.41) is 11.7. The fraction of sp³-hybridized carbons (Fsp3) is 0.500. The van der Waals surface area contributed by atoms with Crippen molar-refractivity contribution in [2.45, 2.75) is 31.3 Å². The summed E-state index contributed by atoms with van der Waals surface area (Å²) in [6, 6.07) is 7.87. The summed E-state index contributed by atoms with van der Waals surface area (Å²) in [6.45, 7) is 0.974. The van der Waals surface area contributed by atoms with Crippen molar-refractivity contribution in [1.82, 2.24) is 14.6 Å². The van der Waals surface area contributed by atoms with Gasteiger partial charge in [-0.25, -0.2) is 13.1 Å². The number of amides is 1. The van der Waals surface area contributed by atoms with Crippen LogP contribution in [0.5, 0.6) is 0 Å². The molecule has 1 aliphatic heterocycles. The molecule has 1 aliphatic rings. The fourth-order valence-corrected chi connectivity index (χ4v) is 3.95. The van der Waals surface area contributed by atoms with Gasteiger partial charge in [-0.05, 0) is 30.9 Å². The number of aliphatic hydroxyl groups is 1. The molecule has 1 saturated heterocycles. The Morgan fingerprint density at radius 1 is 1.31 bits per heavy atom. The second-order valence-corrected chi connectivity index (χ2v) is 8.92. The number of likely N-dealkylation sites (tertiary alicyclic amines) is 1. The Morgan fingerprint density at radius 3 is 2.85 bits per heavy atom. The molecule has 1 aromatic carbocycles. The molecule has 8 heteroatoms. The standard InChI is InChI=1S/C18H25N3O4S/c1-26(24,25)20-13-18(23)7-4-9-21(10-8-18)17(22)11-14-12-19-16-6-3-2-5-15(14)16/h2-3,5-6,12,19-20,23H,4,7-11,13H2,1H3/t18-/m0/s1. The van der Waals surface area contributed by atoms with Gasteiger partial charge in [0.05, 0.1) is 18.3 Å². The van der Waals surface area contributed by atoms with E-state index in [1.54, 1.807) is 4.90 Å². The highest BCUT2D eigenvalue weighted by Crippen LogP contribution is 2.24. The number of para-hydroxylation sites is 1. The number of nitrogens with one attached hydrogen (secondary N) is 2. The molecule has 0 aliphatic carbocycles. The maximum absolute atomic E-state index is 12.7. The van der Waals surface area contributed by atoms with E-state index in [0.717, 1.165) is 22.7 Å². The summed E-state index contributed by atoms with van der Waals surface area (Å²) >= 11 is 0. The first kappa shape index (κ1) is 18.9. The average molecular weight is 379 g/mol. The number of fused-ring (bicyclic) bond motifs is 1. The first-order valence-electron chi connectivity index (χ1n) is 8.76. The van der Waals surface area contributed by atoms with Gasteiger partial charge >= 0.3 is 0 Å². The van der Waals surface area contributed by atoms with Crippen molar-refractivity contribution < 1.29 is 18.3 Å². The van der Waals surface area contributed by atoms with Gasteiger partial charge in [-0.1, -0.05) is 18.2 Å². The summed E-state index contributed by atoms with van der Waals surface area (Å²) in [6.07, 6.45) is 4.71. The maximum atomic E-state index is 12.7. The van der Waals surface area contributed by atoms with Crippen molar-refractivity contribution in [3.8, 4) is 0 Å². The zero-order valence-corrected chi connectivity index (χ0v) is 15.7. The minimum Gasteiger partial charge on any atom is -0.388 e. The van der Waals surface area contributed by atoms with E-state index in [2.05, 4.69) is 9.71 Å². The fourth-order valence-electron chi connectivity index (χ4n) is 3.42. The van der Waals surface area contributed by atoms with Crippen molar-refractivity contribution in [2.24, 2.45) is 0 Å². The minimum absolute atomic E-state index is 0.0175. The van der Waals surface area contributed by atoms with Gasteiger partial charge in [-0.3, -0.25) is 4.79 Å². The van der Waals surface area contributed by atoms with Gasteiger partial charge in [0.1, 0.15) is 0 Å². The highest BCUT2D eigenvalue weighted by Gasteiger charge is 2.32. The van der Waals surface area contributed by atoms with Crippen LogP contribution in [-0.2, 0) is 21.2 Å². The van der Waals surface area contributed by atoms with Crippen LogP contribution in [0.2, 0.25) is 0 Å². The molecule has 0 saturated carbocycles. The highest BCUT2D eigenvalue weighted by atomic mass is 32.2. The average Bonchev–Trinajstić information content (AvgIpc) is 2.87. The quantitative estimate of drug-likeness (QED) is 0.721. The van der Waals surface area contributed by atoms with Crippen LogP contribution in [0.25, 0.3) is 10.9 Å². The number of carbonyl (C=O) groups is 1. The summed E-state index contributed by atoms with van der Waals surface area (Å²) in [5.74, 6) is 0.0232. The molecule has 2 aromatic rings. The van der Waals surface area contributed by atoms with Crippen LogP contribution in [-0.4, -0.2) is 60.8 Å². The van der Waals surface area contributed by atoms with E-state index in [0.29, 0.717) is 38.8 Å². The largest absolute Gasteiger partial charge is 0.388 e. The van der Waals surface area contributed by atoms with Crippen molar-refractivity contribution in [1.29, 1.82) is 0 Å². The molecule has 1 fully saturated rings. The van der Waals surface area contributed by atoms with Crippen LogP contribution in [0, 0.1) is 0 Å². The zero-order valence-electron chi connectivity index (χ0n) is 14.9. The van der Waals surface area contributed by atoms with Crippen molar-refractivity contribution >= 4 is 26.8 Å². The molecular weight excluding hydrogens is 354 g/mol. The molecule has 0 bridgehead atoms. The molecule has 3 rings (SSSR count). The lowest BCUT2D eigenvalue weighted by Gasteiger charge is -2.26. The molecule has 142 valence electrons. The van der Waals surface area contributed by atoms with Gasteiger partial charge in [0.15, 0.2) is 0 Å². The first-order chi connectivity index (χ1) is 12.3. The summed E-state index contributed by atoms with van der Waals surface area (Å²) in [7, 11) is -3.35. The molecule has 7 nitrogen and oxygen atoms in total. The number of sulfonamides is 1. The molecule has 3 N–H and O–H groups in total. The third kappa shape index (κ3) is 4.63. The molecular formula is C18H25N3O4S. The molecule has 1 aromatic heterocycles. The Labute approximate surface area is 153 Å². The van der Waals surface area contributed by atoms with Crippen LogP contribution in [0.3, 0.4) is 0 Å². The Hall–Kier alpha value is -1.90. The van der Waals surface area contributed by atoms with E-state index in [9.17, 15) is 18.3 Å². The van der Waals surface area contributed by atoms with Crippen molar-refractivity contribution in [2.75, 3.05) is 25.9 Å². The monoisotopic (exact) mass is 379 g/mol. The number of aromatic nitrogens is 1. The number of carbonyl (C=O) groups excluding carboxylic acids is 1. The number of hydrogen-bond donors (Lipinski definition) is 3. The first-order valence-corrected chi connectivity index (χ1v) is 10.6. The van der Waals surface area contributed by atoms with Gasteiger partial charge in [0, 0.05) is 36.7 Å².